The van der Waals surface area contributed by atoms with E-state index in [0.717, 1.165) is 28.0 Å². The van der Waals surface area contributed by atoms with Gasteiger partial charge in [-0.1, -0.05) is 6.07 Å². The number of hydrogen-bond acceptors (Lipinski definition) is 2. The van der Waals surface area contributed by atoms with Crippen molar-refractivity contribution in [1.82, 2.24) is 9.78 Å². The normalized spacial score (nSPS) is 10.8. The van der Waals surface area contributed by atoms with E-state index in [1.54, 1.807) is 4.68 Å². The minimum Gasteiger partial charge on any atom is -0.481 e. The van der Waals surface area contributed by atoms with Crippen LogP contribution < -0.4 is 4.74 Å². The molecular weight excluding hydrogens is 318 g/mol. The summed E-state index contributed by atoms with van der Waals surface area (Å²) in [4.78, 5) is 0. The predicted octanol–water partition coefficient (Wildman–Crippen LogP) is 3.83. The van der Waals surface area contributed by atoms with Crippen LogP contribution in [0.3, 0.4) is 0 Å². The second-order valence-corrected chi connectivity index (χ2v) is 4.79. The molecule has 0 radical (unpaired) electrons. The standard InChI is InChI=1S/C13H13BrF2N2O/c1-3-18-11(12(14)8(2)17-18)7-19-13-9(15)5-4-6-10(13)16/h4-6H,3,7H2,1-2H3. The van der Waals surface area contributed by atoms with Crippen molar-refractivity contribution in [2.75, 3.05) is 0 Å². The molecule has 0 fully saturated rings. The fourth-order valence-electron chi connectivity index (χ4n) is 1.77. The molecule has 0 N–H and O–H groups in total. The van der Waals surface area contributed by atoms with E-state index in [1.807, 2.05) is 13.8 Å². The summed E-state index contributed by atoms with van der Waals surface area (Å²) < 4.78 is 34.7. The zero-order chi connectivity index (χ0) is 14.0. The van der Waals surface area contributed by atoms with Gasteiger partial charge >= 0.3 is 0 Å². The largest absolute Gasteiger partial charge is 0.481 e. The zero-order valence-corrected chi connectivity index (χ0v) is 12.2. The smallest absolute Gasteiger partial charge is 0.191 e. The monoisotopic (exact) mass is 330 g/mol. The Hall–Kier alpha value is -1.43. The van der Waals surface area contributed by atoms with Crippen molar-refractivity contribution in [3.8, 4) is 5.75 Å². The number of rotatable bonds is 4. The van der Waals surface area contributed by atoms with Crippen LogP contribution in [-0.4, -0.2) is 9.78 Å². The highest BCUT2D eigenvalue weighted by Gasteiger charge is 2.15. The molecule has 102 valence electrons. The molecule has 3 nitrogen and oxygen atoms in total. The summed E-state index contributed by atoms with van der Waals surface area (Å²) in [5.41, 5.74) is 1.57. The fourth-order valence-corrected chi connectivity index (χ4v) is 2.17. The lowest BCUT2D eigenvalue weighted by Gasteiger charge is -2.09. The molecule has 0 bridgehead atoms. The number of ether oxygens (including phenoxy) is 1. The van der Waals surface area contributed by atoms with Crippen molar-refractivity contribution in [2.24, 2.45) is 0 Å². The van der Waals surface area contributed by atoms with Crippen LogP contribution in [0.4, 0.5) is 8.78 Å². The van der Waals surface area contributed by atoms with Crippen molar-refractivity contribution in [1.29, 1.82) is 0 Å². The third-order valence-electron chi connectivity index (χ3n) is 2.72. The average Bonchev–Trinajstić information content (AvgIpc) is 2.65. The van der Waals surface area contributed by atoms with E-state index < -0.39 is 11.6 Å². The van der Waals surface area contributed by atoms with Gasteiger partial charge in [0.05, 0.1) is 15.9 Å². The van der Waals surface area contributed by atoms with E-state index in [0.29, 0.717) is 6.54 Å². The van der Waals surface area contributed by atoms with Crippen LogP contribution in [0.25, 0.3) is 0 Å². The molecule has 0 saturated carbocycles. The van der Waals surface area contributed by atoms with Gasteiger partial charge in [-0.25, -0.2) is 8.78 Å². The molecule has 2 rings (SSSR count). The summed E-state index contributed by atoms with van der Waals surface area (Å²) in [5, 5.41) is 4.29. The van der Waals surface area contributed by atoms with Gasteiger partial charge < -0.3 is 4.74 Å². The Bertz CT molecular complexity index is 578. The summed E-state index contributed by atoms with van der Waals surface area (Å²) in [7, 11) is 0. The summed E-state index contributed by atoms with van der Waals surface area (Å²) in [5.74, 6) is -1.79. The minimum atomic E-state index is -0.713. The molecule has 0 aliphatic rings. The van der Waals surface area contributed by atoms with Gasteiger partial charge in [-0.05, 0) is 41.9 Å². The quantitative estimate of drug-likeness (QED) is 0.851. The summed E-state index contributed by atoms with van der Waals surface area (Å²) in [6, 6.07) is 3.62. The second kappa shape index (κ2) is 5.69. The first-order valence-electron chi connectivity index (χ1n) is 5.83. The van der Waals surface area contributed by atoms with Crippen molar-refractivity contribution in [2.45, 2.75) is 27.0 Å². The van der Waals surface area contributed by atoms with Crippen LogP contribution in [0, 0.1) is 18.6 Å². The van der Waals surface area contributed by atoms with Crippen LogP contribution in [0.1, 0.15) is 18.3 Å². The first-order valence-corrected chi connectivity index (χ1v) is 6.62. The molecule has 0 unspecified atom stereocenters. The van der Waals surface area contributed by atoms with E-state index in [4.69, 9.17) is 4.74 Å². The Morgan fingerprint density at radius 3 is 2.53 bits per heavy atom. The molecule has 0 atom stereocenters. The van der Waals surface area contributed by atoms with Gasteiger partial charge in [0.2, 0.25) is 0 Å². The molecule has 2 aromatic rings. The first-order chi connectivity index (χ1) is 9.04. The molecule has 0 spiro atoms. The molecular formula is C13H13BrF2N2O. The van der Waals surface area contributed by atoms with Gasteiger partial charge in [0.25, 0.3) is 0 Å². The molecule has 1 heterocycles. The topological polar surface area (TPSA) is 27.1 Å². The van der Waals surface area contributed by atoms with E-state index in [-0.39, 0.29) is 12.4 Å². The lowest BCUT2D eigenvalue weighted by Crippen LogP contribution is -2.08. The number of aromatic nitrogens is 2. The predicted molar refractivity (Wildman–Crippen MR) is 71.0 cm³/mol. The Morgan fingerprint density at radius 2 is 1.95 bits per heavy atom. The van der Waals surface area contributed by atoms with E-state index in [2.05, 4.69) is 21.0 Å². The van der Waals surface area contributed by atoms with Crippen molar-refractivity contribution < 1.29 is 13.5 Å². The van der Waals surface area contributed by atoms with Crippen molar-refractivity contribution in [3.05, 3.63) is 45.7 Å². The van der Waals surface area contributed by atoms with Crippen LogP contribution >= 0.6 is 15.9 Å². The highest BCUT2D eigenvalue weighted by molar-refractivity contribution is 9.10. The van der Waals surface area contributed by atoms with Gasteiger partial charge in [-0.15, -0.1) is 0 Å². The van der Waals surface area contributed by atoms with E-state index in [1.165, 1.54) is 6.07 Å². The number of para-hydroxylation sites is 1. The molecule has 0 amide bonds. The van der Waals surface area contributed by atoms with Crippen molar-refractivity contribution in [3.63, 3.8) is 0 Å². The highest BCUT2D eigenvalue weighted by atomic mass is 79.9. The molecule has 1 aromatic heterocycles. The minimum absolute atomic E-state index is 0.0487. The van der Waals surface area contributed by atoms with E-state index in [9.17, 15) is 8.78 Å². The van der Waals surface area contributed by atoms with Gasteiger partial charge in [-0.2, -0.15) is 5.10 Å². The first kappa shape index (κ1) is 14.0. The zero-order valence-electron chi connectivity index (χ0n) is 10.6. The second-order valence-electron chi connectivity index (χ2n) is 4.00. The maximum Gasteiger partial charge on any atom is 0.191 e. The Morgan fingerprint density at radius 1 is 1.32 bits per heavy atom. The Balaban J connectivity index is 2.24. The molecule has 0 aliphatic heterocycles. The van der Waals surface area contributed by atoms with Crippen LogP contribution in [0.5, 0.6) is 5.75 Å². The number of benzene rings is 1. The number of halogens is 3. The number of aryl methyl sites for hydroxylation is 2. The highest BCUT2D eigenvalue weighted by Crippen LogP contribution is 2.25. The summed E-state index contributed by atoms with van der Waals surface area (Å²) in [6.07, 6.45) is 0. The van der Waals surface area contributed by atoms with Gasteiger partial charge in [0, 0.05) is 6.54 Å². The molecule has 0 saturated heterocycles. The fraction of sp³-hybridized carbons (Fsp3) is 0.308. The van der Waals surface area contributed by atoms with Crippen molar-refractivity contribution >= 4 is 15.9 Å². The third kappa shape index (κ3) is 2.78. The van der Waals surface area contributed by atoms with Crippen LogP contribution in [0.2, 0.25) is 0 Å². The van der Waals surface area contributed by atoms with Crippen LogP contribution in [0.15, 0.2) is 22.7 Å². The SMILES string of the molecule is CCn1nc(C)c(Br)c1COc1c(F)cccc1F. The third-order valence-corrected chi connectivity index (χ3v) is 3.76. The maximum absolute atomic E-state index is 13.4. The summed E-state index contributed by atoms with van der Waals surface area (Å²) in [6.45, 7) is 4.49. The van der Waals surface area contributed by atoms with Gasteiger partial charge in [-0.3, -0.25) is 4.68 Å². The molecule has 19 heavy (non-hydrogen) atoms. The van der Waals surface area contributed by atoms with Gasteiger partial charge in [0.15, 0.2) is 17.4 Å². The lowest BCUT2D eigenvalue weighted by molar-refractivity contribution is 0.263. The van der Waals surface area contributed by atoms with Crippen LogP contribution in [-0.2, 0) is 13.2 Å². The summed E-state index contributed by atoms with van der Waals surface area (Å²) >= 11 is 3.40. The Labute approximate surface area is 118 Å². The number of nitrogens with zero attached hydrogens (tertiary/aromatic N) is 2. The van der Waals surface area contributed by atoms with Gasteiger partial charge in [0.1, 0.15) is 6.61 Å². The molecule has 1 aromatic carbocycles. The Kier molecular flexibility index (Phi) is 4.19. The lowest BCUT2D eigenvalue weighted by atomic mass is 10.3. The molecule has 0 aliphatic carbocycles. The molecule has 6 heteroatoms. The maximum atomic E-state index is 13.4. The average molecular weight is 331 g/mol. The van der Waals surface area contributed by atoms with E-state index >= 15 is 0 Å². The number of hydrogen-bond donors (Lipinski definition) is 0.